The molecule has 0 radical (unpaired) electrons. The number of phenolic OH excluding ortho intramolecular Hbond substituents is 1. The number of unbranched alkanes of at least 4 members (excludes halogenated alkanes) is 1. The third-order valence-corrected chi connectivity index (χ3v) is 5.07. The molecule has 3 rings (SSSR count). The number of nitrogen functional groups attached to an aromatic ring is 1. The number of carbonyl (C=O) groups is 2. The summed E-state index contributed by atoms with van der Waals surface area (Å²) in [4.78, 5) is 28.8. The molecule has 0 aliphatic carbocycles. The van der Waals surface area contributed by atoms with Crippen molar-refractivity contribution in [2.24, 2.45) is 0 Å². The number of hydrogen-bond donors (Lipinski definition) is 3. The van der Waals surface area contributed by atoms with Gasteiger partial charge in [0.1, 0.15) is 17.4 Å². The molecule has 1 heterocycles. The zero-order valence-corrected chi connectivity index (χ0v) is 18.5. The van der Waals surface area contributed by atoms with Gasteiger partial charge in [-0.15, -0.1) is 0 Å². The predicted octanol–water partition coefficient (Wildman–Crippen LogP) is 4.74. The largest absolute Gasteiger partial charge is 0.507 e. The van der Waals surface area contributed by atoms with E-state index >= 15 is 0 Å². The van der Waals surface area contributed by atoms with E-state index in [0.29, 0.717) is 23.4 Å². The minimum atomic E-state index is -0.609. The van der Waals surface area contributed by atoms with E-state index in [9.17, 15) is 19.1 Å². The van der Waals surface area contributed by atoms with E-state index in [-0.39, 0.29) is 34.8 Å². The molecule has 8 heteroatoms. The Morgan fingerprint density at radius 1 is 1.15 bits per heavy atom. The van der Waals surface area contributed by atoms with Gasteiger partial charge in [0.25, 0.3) is 0 Å². The Morgan fingerprint density at radius 3 is 2.64 bits per heavy atom. The van der Waals surface area contributed by atoms with Crippen molar-refractivity contribution >= 4 is 17.7 Å². The third kappa shape index (κ3) is 5.85. The van der Waals surface area contributed by atoms with Crippen LogP contribution >= 0.6 is 0 Å². The normalized spacial score (nSPS) is 10.6. The van der Waals surface area contributed by atoms with Crippen LogP contribution in [0.1, 0.15) is 46.8 Å². The van der Waals surface area contributed by atoms with Gasteiger partial charge in [-0.25, -0.2) is 14.2 Å². The van der Waals surface area contributed by atoms with Crippen LogP contribution in [0.5, 0.6) is 5.75 Å². The van der Waals surface area contributed by atoms with Gasteiger partial charge < -0.3 is 20.9 Å². The Kier molecular flexibility index (Phi) is 7.61. The van der Waals surface area contributed by atoms with Crippen molar-refractivity contribution in [3.05, 3.63) is 76.6 Å². The van der Waals surface area contributed by atoms with Crippen molar-refractivity contribution in [1.29, 1.82) is 0 Å². The zero-order chi connectivity index (χ0) is 24.0. The molecule has 0 aliphatic rings. The number of nitrogens with two attached hydrogens (primary N) is 1. The molecule has 1 amide bonds. The molecule has 0 bridgehead atoms. The second kappa shape index (κ2) is 10.6. The molecule has 7 nitrogen and oxygen atoms in total. The fourth-order valence-electron chi connectivity index (χ4n) is 3.17. The zero-order valence-electron chi connectivity index (χ0n) is 18.5. The summed E-state index contributed by atoms with van der Waals surface area (Å²) >= 11 is 0. The molecular formula is C25H26FN3O4. The summed E-state index contributed by atoms with van der Waals surface area (Å²) in [5.41, 5.74) is 8.06. The maximum absolute atomic E-state index is 14.3. The fourth-order valence-corrected chi connectivity index (χ4v) is 3.17. The Bertz CT molecular complexity index is 1180. The van der Waals surface area contributed by atoms with Crippen LogP contribution in [0, 0.1) is 12.7 Å². The number of aromatic nitrogens is 1. The van der Waals surface area contributed by atoms with E-state index in [1.165, 1.54) is 30.3 Å². The van der Waals surface area contributed by atoms with Gasteiger partial charge in [-0.1, -0.05) is 25.5 Å². The fraction of sp³-hybridized carbons (Fsp3) is 0.240. The number of nitrogens with one attached hydrogen (secondary N) is 1. The summed E-state index contributed by atoms with van der Waals surface area (Å²) in [5.74, 6) is -1.07. The smallest absolute Gasteiger partial charge is 0.407 e. The number of carbonyl (C=O) groups excluding carboxylic acids is 2. The summed E-state index contributed by atoms with van der Waals surface area (Å²) in [6.07, 6.45) is 1.16. The van der Waals surface area contributed by atoms with E-state index in [4.69, 9.17) is 10.5 Å². The summed E-state index contributed by atoms with van der Waals surface area (Å²) in [5, 5.41) is 12.9. The first-order valence-electron chi connectivity index (χ1n) is 10.6. The lowest BCUT2D eigenvalue weighted by Gasteiger charge is -2.11. The van der Waals surface area contributed by atoms with Crippen molar-refractivity contribution < 1.29 is 23.8 Å². The monoisotopic (exact) mass is 451 g/mol. The number of ketones is 1. The van der Waals surface area contributed by atoms with Gasteiger partial charge in [0.05, 0.1) is 17.9 Å². The van der Waals surface area contributed by atoms with Gasteiger partial charge in [-0.2, -0.15) is 0 Å². The molecule has 2 aromatic carbocycles. The molecule has 4 N–H and O–H groups in total. The summed E-state index contributed by atoms with van der Waals surface area (Å²) in [6.45, 7) is 4.21. The highest BCUT2D eigenvalue weighted by molar-refractivity contribution is 6.10. The number of anilines is 1. The average molecular weight is 451 g/mol. The van der Waals surface area contributed by atoms with Gasteiger partial charge in [0.2, 0.25) is 0 Å². The van der Waals surface area contributed by atoms with Crippen LogP contribution in [0.2, 0.25) is 0 Å². The third-order valence-electron chi connectivity index (χ3n) is 5.07. The van der Waals surface area contributed by atoms with Crippen LogP contribution in [-0.2, 0) is 11.3 Å². The van der Waals surface area contributed by atoms with Crippen molar-refractivity contribution in [1.82, 2.24) is 10.3 Å². The molecule has 0 spiro atoms. The first-order chi connectivity index (χ1) is 15.8. The first-order valence-corrected chi connectivity index (χ1v) is 10.6. The van der Waals surface area contributed by atoms with Gasteiger partial charge in [0, 0.05) is 23.2 Å². The highest BCUT2D eigenvalue weighted by atomic mass is 19.1. The highest BCUT2D eigenvalue weighted by Crippen LogP contribution is 2.31. The number of pyridine rings is 1. The lowest BCUT2D eigenvalue weighted by atomic mass is 9.98. The van der Waals surface area contributed by atoms with Crippen LogP contribution in [-0.4, -0.2) is 28.6 Å². The maximum atomic E-state index is 14.3. The van der Waals surface area contributed by atoms with E-state index < -0.39 is 17.7 Å². The molecule has 33 heavy (non-hydrogen) atoms. The molecule has 1 aromatic heterocycles. The van der Waals surface area contributed by atoms with Crippen LogP contribution in [0.25, 0.3) is 11.3 Å². The quantitative estimate of drug-likeness (QED) is 0.337. The number of aryl methyl sites for hydroxylation is 1. The van der Waals surface area contributed by atoms with Crippen molar-refractivity contribution in [3.63, 3.8) is 0 Å². The van der Waals surface area contributed by atoms with E-state index in [1.807, 2.05) is 6.92 Å². The Balaban J connectivity index is 1.80. The predicted molar refractivity (Wildman–Crippen MR) is 123 cm³/mol. The van der Waals surface area contributed by atoms with E-state index in [0.717, 1.165) is 12.8 Å². The second-order valence-corrected chi connectivity index (χ2v) is 7.63. The Labute approximate surface area is 191 Å². The van der Waals surface area contributed by atoms with E-state index in [2.05, 4.69) is 10.3 Å². The standard InChI is InChI=1S/C25H26FN3O4/c1-3-4-11-33-25(32)28-14-17-6-9-21(29-24(17)27)19-13-16(7-10-22(19)30)23(31)18-8-5-15(2)12-20(18)26/h5-10,12-13,30H,3-4,11,14H2,1-2H3,(H2,27,29)(H,28,32). The number of amides is 1. The number of alkyl carbamates (subject to hydrolysis) is 1. The number of phenols is 1. The molecule has 0 fully saturated rings. The number of halogens is 1. The lowest BCUT2D eigenvalue weighted by molar-refractivity contribution is 0.103. The lowest BCUT2D eigenvalue weighted by Crippen LogP contribution is -2.24. The molecule has 0 unspecified atom stereocenters. The van der Waals surface area contributed by atoms with Gasteiger partial charge in [-0.3, -0.25) is 4.79 Å². The van der Waals surface area contributed by atoms with Gasteiger partial charge >= 0.3 is 6.09 Å². The van der Waals surface area contributed by atoms with Gasteiger partial charge in [-0.05, 0) is 55.3 Å². The molecule has 0 atom stereocenters. The van der Waals surface area contributed by atoms with Crippen LogP contribution in [0.3, 0.4) is 0 Å². The number of nitrogens with zero attached hydrogens (tertiary/aromatic N) is 1. The minimum absolute atomic E-state index is 0.0584. The number of hydrogen-bond acceptors (Lipinski definition) is 6. The van der Waals surface area contributed by atoms with Crippen molar-refractivity contribution in [3.8, 4) is 17.0 Å². The summed E-state index contributed by atoms with van der Waals surface area (Å²) in [7, 11) is 0. The van der Waals surface area contributed by atoms with Crippen LogP contribution in [0.15, 0.2) is 48.5 Å². The number of benzene rings is 2. The second-order valence-electron chi connectivity index (χ2n) is 7.63. The topological polar surface area (TPSA) is 115 Å². The molecule has 3 aromatic rings. The first kappa shape index (κ1) is 23.7. The number of rotatable bonds is 8. The average Bonchev–Trinajstić information content (AvgIpc) is 2.78. The maximum Gasteiger partial charge on any atom is 0.407 e. The van der Waals surface area contributed by atoms with Gasteiger partial charge in [0.15, 0.2) is 5.78 Å². The minimum Gasteiger partial charge on any atom is -0.507 e. The Morgan fingerprint density at radius 2 is 1.94 bits per heavy atom. The summed E-state index contributed by atoms with van der Waals surface area (Å²) in [6, 6.07) is 11.9. The molecule has 0 aliphatic heterocycles. The van der Waals surface area contributed by atoms with Crippen LogP contribution < -0.4 is 11.1 Å². The number of ether oxygens (including phenoxy) is 1. The SMILES string of the molecule is CCCCOC(=O)NCc1ccc(-c2cc(C(=O)c3ccc(C)cc3F)ccc2O)nc1N. The molecule has 0 saturated heterocycles. The van der Waals surface area contributed by atoms with Crippen molar-refractivity contribution in [2.45, 2.75) is 33.2 Å². The highest BCUT2D eigenvalue weighted by Gasteiger charge is 2.17. The molecular weight excluding hydrogens is 425 g/mol. The molecule has 172 valence electrons. The Hall–Kier alpha value is -3.94. The van der Waals surface area contributed by atoms with E-state index in [1.54, 1.807) is 25.1 Å². The van der Waals surface area contributed by atoms with Crippen LogP contribution in [0.4, 0.5) is 15.0 Å². The van der Waals surface area contributed by atoms with Crippen molar-refractivity contribution in [2.75, 3.05) is 12.3 Å². The number of aromatic hydroxyl groups is 1. The summed E-state index contributed by atoms with van der Waals surface area (Å²) < 4.78 is 19.3. The molecule has 0 saturated carbocycles.